The third kappa shape index (κ3) is 8.66. The van der Waals surface area contributed by atoms with E-state index >= 15 is 0 Å². The molecule has 0 fully saturated rings. The molecule has 0 spiro atoms. The number of benzene rings is 2. The second kappa shape index (κ2) is 12.5. The van der Waals surface area contributed by atoms with E-state index in [2.05, 4.69) is 84.0 Å². The molecule has 4 rings (SSSR count). The Labute approximate surface area is 216 Å². The topological polar surface area (TPSA) is 0 Å². The molecular weight excluding hydrogens is 551 g/mol. The van der Waals surface area contributed by atoms with Gasteiger partial charge >= 0.3 is 25.8 Å². The van der Waals surface area contributed by atoms with E-state index in [-0.39, 0.29) is 44.1 Å². The Bertz CT molecular complexity index is 988. The third-order valence-corrected chi connectivity index (χ3v) is 5.00. The van der Waals surface area contributed by atoms with Crippen LogP contribution >= 0.6 is 0 Å². The Hall–Kier alpha value is -1.73. The van der Waals surface area contributed by atoms with Crippen LogP contribution < -0.4 is 0 Å². The average Bonchev–Trinajstić information content (AvgIpc) is 3.30. The van der Waals surface area contributed by atoms with Crippen LogP contribution in [0.15, 0.2) is 78.4 Å². The Morgan fingerprint density at radius 2 is 1.06 bits per heavy atom. The number of allylic oxidation sites excluding steroid dienone is 1. The van der Waals surface area contributed by atoms with Gasteiger partial charge in [-0.1, -0.05) is 90.8 Å². The van der Waals surface area contributed by atoms with E-state index in [1.54, 1.807) is 0 Å². The summed E-state index contributed by atoms with van der Waals surface area (Å²) in [5.74, 6) is 0. The molecular formula is C31H40Hf. The molecule has 168 valence electrons. The molecule has 4 aromatic rings. The molecule has 0 aromatic heterocycles. The molecule has 4 aromatic carbocycles. The van der Waals surface area contributed by atoms with E-state index in [1.165, 1.54) is 32.7 Å². The van der Waals surface area contributed by atoms with Crippen molar-refractivity contribution in [2.24, 2.45) is 0 Å². The zero-order valence-electron chi connectivity index (χ0n) is 21.5. The molecule has 1 heteroatoms. The van der Waals surface area contributed by atoms with Gasteiger partial charge in [0.2, 0.25) is 0 Å². The van der Waals surface area contributed by atoms with E-state index in [0.29, 0.717) is 0 Å². The minimum atomic E-state index is 0. The van der Waals surface area contributed by atoms with Crippen molar-refractivity contribution >= 4 is 21.5 Å². The van der Waals surface area contributed by atoms with Gasteiger partial charge < -0.3 is 14.0 Å². The van der Waals surface area contributed by atoms with Crippen LogP contribution in [0.2, 0.25) is 0 Å². The van der Waals surface area contributed by atoms with E-state index < -0.39 is 0 Å². The summed E-state index contributed by atoms with van der Waals surface area (Å²) in [6.45, 7) is 22.4. The molecule has 0 saturated carbocycles. The Morgan fingerprint density at radius 1 is 0.719 bits per heavy atom. The molecule has 0 aliphatic carbocycles. The quantitative estimate of drug-likeness (QED) is 0.141. The van der Waals surface area contributed by atoms with E-state index in [9.17, 15) is 0 Å². The summed E-state index contributed by atoms with van der Waals surface area (Å²) < 4.78 is 0. The van der Waals surface area contributed by atoms with Crippen LogP contribution in [0.25, 0.3) is 21.5 Å². The van der Waals surface area contributed by atoms with Crippen molar-refractivity contribution in [3.63, 3.8) is 0 Å². The average molecular weight is 591 g/mol. The minimum absolute atomic E-state index is 0. The molecule has 0 bridgehead atoms. The summed E-state index contributed by atoms with van der Waals surface area (Å²) in [5, 5.41) is 5.49. The van der Waals surface area contributed by atoms with Crippen LogP contribution in [0.1, 0.15) is 66.5 Å². The summed E-state index contributed by atoms with van der Waals surface area (Å²) in [4.78, 5) is 0. The fraction of sp³-hybridized carbons (Fsp3) is 0.323. The van der Waals surface area contributed by atoms with Crippen molar-refractivity contribution in [2.45, 2.75) is 66.2 Å². The van der Waals surface area contributed by atoms with Crippen molar-refractivity contribution < 1.29 is 25.8 Å². The van der Waals surface area contributed by atoms with Gasteiger partial charge in [0.25, 0.3) is 0 Å². The number of fused-ring (bicyclic) bond motifs is 3. The maximum absolute atomic E-state index is 5.03. The molecule has 0 radical (unpaired) electrons. The first kappa shape index (κ1) is 30.3. The Morgan fingerprint density at radius 3 is 1.31 bits per heavy atom. The summed E-state index contributed by atoms with van der Waals surface area (Å²) in [5.41, 5.74) is 4.12. The summed E-state index contributed by atoms with van der Waals surface area (Å²) in [6, 6.07) is 26.1. The zero-order chi connectivity index (χ0) is 22.5. The third-order valence-electron chi connectivity index (χ3n) is 5.00. The van der Waals surface area contributed by atoms with Crippen LogP contribution in [0.5, 0.6) is 0 Å². The van der Waals surface area contributed by atoms with Crippen molar-refractivity contribution in [3.8, 4) is 0 Å². The van der Waals surface area contributed by atoms with Gasteiger partial charge in [0.15, 0.2) is 0 Å². The predicted molar refractivity (Wildman–Crippen MR) is 142 cm³/mol. The normalized spacial score (nSPS) is 10.8. The maximum Gasteiger partial charge on any atom is 4.00 e. The van der Waals surface area contributed by atoms with Crippen LogP contribution in [0.4, 0.5) is 0 Å². The summed E-state index contributed by atoms with van der Waals surface area (Å²) in [7, 11) is 0. The molecule has 0 atom stereocenters. The molecule has 0 heterocycles. The second-order valence-corrected chi connectivity index (χ2v) is 10.3. The van der Waals surface area contributed by atoms with Gasteiger partial charge in [-0.25, -0.2) is 12.1 Å². The SMILES string of the molecule is CC(C)(C)c1ccc2[cH-]c3ccc(C(C)(C)C)cc3c2c1.[CH-]=C(C)C.[CH3-].[Hf+4].c1cc[cH-]c1. The molecule has 0 unspecified atom stereocenters. The van der Waals surface area contributed by atoms with Crippen molar-refractivity contribution in [3.05, 3.63) is 104 Å². The Kier molecular flexibility index (Phi) is 11.8. The van der Waals surface area contributed by atoms with Gasteiger partial charge in [-0.3, -0.25) is 5.57 Å². The zero-order valence-corrected chi connectivity index (χ0v) is 25.1. The predicted octanol–water partition coefficient (Wildman–Crippen LogP) is 9.55. The molecule has 0 nitrogen and oxygen atoms in total. The second-order valence-electron chi connectivity index (χ2n) is 10.3. The number of hydrogen-bond donors (Lipinski definition) is 0. The summed E-state index contributed by atoms with van der Waals surface area (Å²) in [6.07, 6.45) is 0. The molecule has 0 amide bonds. The van der Waals surface area contributed by atoms with Crippen molar-refractivity contribution in [1.82, 2.24) is 0 Å². The minimum Gasteiger partial charge on any atom is -0.515 e. The summed E-state index contributed by atoms with van der Waals surface area (Å²) >= 11 is 0. The molecule has 0 aliphatic heterocycles. The van der Waals surface area contributed by atoms with Crippen LogP contribution in [-0.4, -0.2) is 0 Å². The van der Waals surface area contributed by atoms with E-state index in [4.69, 9.17) is 6.58 Å². The van der Waals surface area contributed by atoms with Gasteiger partial charge in [-0.2, -0.15) is 18.2 Å². The first-order valence-electron chi connectivity index (χ1n) is 10.8. The number of hydrogen-bond acceptors (Lipinski definition) is 0. The molecule has 0 saturated heterocycles. The first-order valence-corrected chi connectivity index (χ1v) is 10.8. The van der Waals surface area contributed by atoms with Crippen molar-refractivity contribution in [2.75, 3.05) is 0 Å². The number of rotatable bonds is 0. The molecule has 0 N–H and O–H groups in total. The van der Waals surface area contributed by atoms with Crippen LogP contribution in [0, 0.1) is 14.0 Å². The van der Waals surface area contributed by atoms with Gasteiger partial charge in [-0.05, 0) is 10.8 Å². The van der Waals surface area contributed by atoms with Gasteiger partial charge in [0.05, 0.1) is 0 Å². The van der Waals surface area contributed by atoms with Gasteiger partial charge in [0.1, 0.15) is 0 Å². The van der Waals surface area contributed by atoms with Crippen molar-refractivity contribution in [1.29, 1.82) is 0 Å². The fourth-order valence-corrected chi connectivity index (χ4v) is 3.25. The Balaban J connectivity index is 0.000000739. The van der Waals surface area contributed by atoms with Gasteiger partial charge in [0, 0.05) is 0 Å². The molecule has 0 aliphatic rings. The fourth-order valence-electron chi connectivity index (χ4n) is 3.25. The largest absolute Gasteiger partial charge is 4.00 e. The van der Waals surface area contributed by atoms with Gasteiger partial charge in [-0.15, -0.1) is 39.7 Å². The van der Waals surface area contributed by atoms with E-state index in [1.807, 2.05) is 44.2 Å². The van der Waals surface area contributed by atoms with E-state index in [0.717, 1.165) is 5.57 Å². The monoisotopic (exact) mass is 592 g/mol. The first-order chi connectivity index (χ1) is 13.9. The van der Waals surface area contributed by atoms with Crippen LogP contribution in [-0.2, 0) is 36.7 Å². The smallest absolute Gasteiger partial charge is 0.515 e. The van der Waals surface area contributed by atoms with Crippen LogP contribution in [0.3, 0.4) is 0 Å². The molecule has 32 heavy (non-hydrogen) atoms. The maximum atomic E-state index is 5.03. The standard InChI is InChI=1S/C21H25.C5H5.C4H7.CH3.Hf/c1-20(2,3)16-9-7-14-11-15-8-10-17(21(4,5)6)13-19(15)18(14)12-16;1-2-4-5-3-1;1-4(2)3;;/h7-13H,1-6H3;1-5H;1H,2-3H3;1H3;/q4*-1;+4.